The van der Waals surface area contributed by atoms with E-state index in [4.69, 9.17) is 14.2 Å². The van der Waals surface area contributed by atoms with E-state index < -0.39 is 11.8 Å². The van der Waals surface area contributed by atoms with Crippen molar-refractivity contribution in [2.24, 2.45) is 0 Å². The minimum atomic E-state index is -0.583. The van der Waals surface area contributed by atoms with E-state index in [2.05, 4.69) is 10.6 Å². The lowest BCUT2D eigenvalue weighted by molar-refractivity contribution is -0.118. The van der Waals surface area contributed by atoms with Gasteiger partial charge in [0.1, 0.15) is 22.8 Å². The standard InChI is InChI=1S/C26H26N2O5/c1-17-15-18(13-14-22(17)31-2)16-19(25(29)27-20-9-5-7-11-23(20)32-3)26(30)28-21-10-6-8-12-24(21)33-4/h5-16H,1-4H3,(H,27,29)(H,28,30). The molecule has 3 aromatic carbocycles. The molecule has 0 aliphatic heterocycles. The molecule has 0 saturated carbocycles. The third-order valence-corrected chi connectivity index (χ3v) is 4.93. The van der Waals surface area contributed by atoms with Gasteiger partial charge in [-0.1, -0.05) is 30.3 Å². The molecule has 33 heavy (non-hydrogen) atoms. The molecule has 7 nitrogen and oxygen atoms in total. The van der Waals surface area contributed by atoms with Gasteiger partial charge in [0.15, 0.2) is 0 Å². The number of methoxy groups -OCH3 is 3. The number of hydrogen-bond acceptors (Lipinski definition) is 5. The second-order valence-corrected chi connectivity index (χ2v) is 7.10. The minimum Gasteiger partial charge on any atom is -0.496 e. The Hall–Kier alpha value is -4.26. The fourth-order valence-electron chi connectivity index (χ4n) is 3.27. The first kappa shape index (κ1) is 23.4. The van der Waals surface area contributed by atoms with Crippen molar-refractivity contribution < 1.29 is 23.8 Å². The van der Waals surface area contributed by atoms with Crippen LogP contribution in [0.4, 0.5) is 11.4 Å². The van der Waals surface area contributed by atoms with Crippen LogP contribution in [0.2, 0.25) is 0 Å². The van der Waals surface area contributed by atoms with E-state index in [9.17, 15) is 9.59 Å². The third-order valence-electron chi connectivity index (χ3n) is 4.93. The van der Waals surface area contributed by atoms with Crippen LogP contribution in [0.25, 0.3) is 6.08 Å². The number of carbonyl (C=O) groups is 2. The van der Waals surface area contributed by atoms with Crippen LogP contribution in [0, 0.1) is 6.92 Å². The lowest BCUT2D eigenvalue weighted by atomic mass is 10.1. The Balaban J connectivity index is 1.99. The summed E-state index contributed by atoms with van der Waals surface area (Å²) >= 11 is 0. The predicted octanol–water partition coefficient (Wildman–Crippen LogP) is 4.68. The van der Waals surface area contributed by atoms with Gasteiger partial charge < -0.3 is 24.8 Å². The van der Waals surface area contributed by atoms with Crippen LogP contribution in [0.5, 0.6) is 17.2 Å². The van der Waals surface area contributed by atoms with Gasteiger partial charge in [-0.2, -0.15) is 0 Å². The molecule has 0 aliphatic rings. The first-order chi connectivity index (χ1) is 16.0. The summed E-state index contributed by atoms with van der Waals surface area (Å²) in [6, 6.07) is 19.4. The van der Waals surface area contributed by atoms with E-state index in [0.29, 0.717) is 34.2 Å². The highest BCUT2D eigenvalue weighted by Gasteiger charge is 2.21. The van der Waals surface area contributed by atoms with E-state index >= 15 is 0 Å². The Kier molecular flexibility index (Phi) is 7.70. The maximum Gasteiger partial charge on any atom is 0.261 e. The molecule has 0 atom stereocenters. The Morgan fingerprint density at radius 1 is 0.697 bits per heavy atom. The molecule has 170 valence electrons. The Bertz CT molecular complexity index is 1120. The zero-order valence-electron chi connectivity index (χ0n) is 19.0. The van der Waals surface area contributed by atoms with Gasteiger partial charge in [-0.3, -0.25) is 9.59 Å². The van der Waals surface area contributed by atoms with E-state index in [1.165, 1.54) is 20.3 Å². The van der Waals surface area contributed by atoms with Crippen LogP contribution >= 0.6 is 0 Å². The fraction of sp³-hybridized carbons (Fsp3) is 0.154. The van der Waals surface area contributed by atoms with Gasteiger partial charge in [0.25, 0.3) is 11.8 Å². The fourth-order valence-corrected chi connectivity index (χ4v) is 3.27. The van der Waals surface area contributed by atoms with Crippen LogP contribution in [0.15, 0.2) is 72.3 Å². The predicted molar refractivity (Wildman–Crippen MR) is 129 cm³/mol. The number of rotatable bonds is 8. The van der Waals surface area contributed by atoms with Gasteiger partial charge in [0.2, 0.25) is 0 Å². The molecule has 3 aromatic rings. The highest BCUT2D eigenvalue weighted by atomic mass is 16.5. The van der Waals surface area contributed by atoms with Crippen molar-refractivity contribution in [1.82, 2.24) is 0 Å². The number of para-hydroxylation sites is 4. The molecular formula is C26H26N2O5. The number of benzene rings is 3. The summed E-state index contributed by atoms with van der Waals surface area (Å²) in [4.78, 5) is 26.5. The maximum atomic E-state index is 13.2. The van der Waals surface area contributed by atoms with Crippen molar-refractivity contribution in [3.05, 3.63) is 83.4 Å². The van der Waals surface area contributed by atoms with Gasteiger partial charge in [0, 0.05) is 0 Å². The van der Waals surface area contributed by atoms with Gasteiger partial charge >= 0.3 is 0 Å². The number of aryl methyl sites for hydroxylation is 1. The van der Waals surface area contributed by atoms with E-state index in [1.54, 1.807) is 67.8 Å². The molecule has 2 amide bonds. The summed E-state index contributed by atoms with van der Waals surface area (Å²) in [7, 11) is 4.61. The smallest absolute Gasteiger partial charge is 0.261 e. The summed E-state index contributed by atoms with van der Waals surface area (Å²) in [6.07, 6.45) is 1.53. The third kappa shape index (κ3) is 5.71. The molecule has 0 heterocycles. The zero-order chi connectivity index (χ0) is 23.8. The summed E-state index contributed by atoms with van der Waals surface area (Å²) in [5.74, 6) is 0.512. The molecule has 0 fully saturated rings. The Morgan fingerprint density at radius 2 is 1.18 bits per heavy atom. The Labute approximate surface area is 193 Å². The number of carbonyl (C=O) groups excluding carboxylic acids is 2. The second kappa shape index (κ2) is 10.9. The van der Waals surface area contributed by atoms with Crippen molar-refractivity contribution in [2.45, 2.75) is 6.92 Å². The molecule has 0 aromatic heterocycles. The quantitative estimate of drug-likeness (QED) is 0.298. The topological polar surface area (TPSA) is 85.9 Å². The van der Waals surface area contributed by atoms with E-state index in [-0.39, 0.29) is 5.57 Å². The van der Waals surface area contributed by atoms with Crippen molar-refractivity contribution in [3.8, 4) is 17.2 Å². The molecule has 3 rings (SSSR count). The first-order valence-electron chi connectivity index (χ1n) is 10.2. The first-order valence-corrected chi connectivity index (χ1v) is 10.2. The molecule has 7 heteroatoms. The second-order valence-electron chi connectivity index (χ2n) is 7.10. The molecule has 0 radical (unpaired) electrons. The zero-order valence-corrected chi connectivity index (χ0v) is 19.0. The number of anilines is 2. The van der Waals surface area contributed by atoms with Crippen molar-refractivity contribution in [3.63, 3.8) is 0 Å². The number of hydrogen-bond donors (Lipinski definition) is 2. The lowest BCUT2D eigenvalue weighted by Gasteiger charge is -2.14. The molecule has 0 bridgehead atoms. The van der Waals surface area contributed by atoms with Crippen molar-refractivity contribution in [2.75, 3.05) is 32.0 Å². The van der Waals surface area contributed by atoms with E-state index in [0.717, 1.165) is 5.56 Å². The maximum absolute atomic E-state index is 13.2. The van der Waals surface area contributed by atoms with Gasteiger partial charge in [-0.25, -0.2) is 0 Å². The number of ether oxygens (including phenoxy) is 3. The molecule has 0 spiro atoms. The van der Waals surface area contributed by atoms with Gasteiger partial charge in [0.05, 0.1) is 32.7 Å². The SMILES string of the molecule is COc1ccc(C=C(C(=O)Nc2ccccc2OC)C(=O)Nc2ccccc2OC)cc1C. The monoisotopic (exact) mass is 446 g/mol. The summed E-state index contributed by atoms with van der Waals surface area (Å²) < 4.78 is 15.9. The summed E-state index contributed by atoms with van der Waals surface area (Å²) in [5, 5.41) is 5.53. The Morgan fingerprint density at radius 3 is 1.64 bits per heavy atom. The molecule has 0 unspecified atom stereocenters. The summed E-state index contributed by atoms with van der Waals surface area (Å²) in [5.41, 5.74) is 2.37. The van der Waals surface area contributed by atoms with Gasteiger partial charge in [-0.15, -0.1) is 0 Å². The van der Waals surface area contributed by atoms with Gasteiger partial charge in [-0.05, 0) is 60.5 Å². The highest BCUT2D eigenvalue weighted by Crippen LogP contribution is 2.27. The van der Waals surface area contributed by atoms with Crippen LogP contribution < -0.4 is 24.8 Å². The largest absolute Gasteiger partial charge is 0.496 e. The molecule has 2 N–H and O–H groups in total. The van der Waals surface area contributed by atoms with Crippen LogP contribution in [-0.2, 0) is 9.59 Å². The lowest BCUT2D eigenvalue weighted by Crippen LogP contribution is -2.25. The molecule has 0 saturated heterocycles. The molecule has 0 aliphatic carbocycles. The normalized spacial score (nSPS) is 10.1. The van der Waals surface area contributed by atoms with Crippen LogP contribution in [-0.4, -0.2) is 33.1 Å². The average molecular weight is 447 g/mol. The van der Waals surface area contributed by atoms with E-state index in [1.807, 2.05) is 13.0 Å². The van der Waals surface area contributed by atoms with Crippen LogP contribution in [0.1, 0.15) is 11.1 Å². The number of nitrogens with one attached hydrogen (secondary N) is 2. The summed E-state index contributed by atoms with van der Waals surface area (Å²) in [6.45, 7) is 1.89. The minimum absolute atomic E-state index is 0.0867. The van der Waals surface area contributed by atoms with Crippen LogP contribution in [0.3, 0.4) is 0 Å². The van der Waals surface area contributed by atoms with Crippen molar-refractivity contribution >= 4 is 29.3 Å². The number of amides is 2. The molecular weight excluding hydrogens is 420 g/mol. The highest BCUT2D eigenvalue weighted by molar-refractivity contribution is 6.29. The van der Waals surface area contributed by atoms with Crippen molar-refractivity contribution in [1.29, 1.82) is 0 Å². The average Bonchev–Trinajstić information content (AvgIpc) is 2.83.